The summed E-state index contributed by atoms with van der Waals surface area (Å²) in [5, 5.41) is 17.6. The summed E-state index contributed by atoms with van der Waals surface area (Å²) in [6.45, 7) is 0.0508. The first-order valence-corrected chi connectivity index (χ1v) is 6.39. The van der Waals surface area contributed by atoms with E-state index >= 15 is 0 Å². The van der Waals surface area contributed by atoms with Gasteiger partial charge in [0.25, 0.3) is 0 Å². The molecule has 1 saturated carbocycles. The molecule has 1 aromatic rings. The molecule has 0 bridgehead atoms. The fraction of sp³-hybridized carbons (Fsp3) is 0.429. The Morgan fingerprint density at radius 1 is 1.43 bits per heavy atom. The van der Waals surface area contributed by atoms with Crippen LogP contribution in [0.2, 0.25) is 0 Å². The molecule has 0 saturated heterocycles. The number of rotatable bonds is 5. The monoisotopic (exact) mass is 298 g/mol. The van der Waals surface area contributed by atoms with Crippen LogP contribution in [0, 0.1) is 17.2 Å². The molecule has 7 heteroatoms. The predicted molar refractivity (Wildman–Crippen MR) is 68.7 cm³/mol. The van der Waals surface area contributed by atoms with Gasteiger partial charge in [0, 0.05) is 12.2 Å². The second-order valence-corrected chi connectivity index (χ2v) is 5.06. The molecule has 0 heterocycles. The zero-order valence-corrected chi connectivity index (χ0v) is 11.0. The maximum Gasteiger partial charge on any atom is 0.417 e. The zero-order chi connectivity index (χ0) is 15.6. The number of carboxylic acid groups (broad SMARTS) is 1. The Bertz CT molecular complexity index is 589. The normalized spacial score (nSPS) is 14.6. The van der Waals surface area contributed by atoms with E-state index in [0.29, 0.717) is 12.5 Å². The lowest BCUT2D eigenvalue weighted by Crippen LogP contribution is -2.31. The van der Waals surface area contributed by atoms with Gasteiger partial charge in [0.2, 0.25) is 0 Å². The second kappa shape index (κ2) is 5.64. The highest BCUT2D eigenvalue weighted by Crippen LogP contribution is 2.36. The minimum Gasteiger partial charge on any atom is -0.480 e. The fourth-order valence-corrected chi connectivity index (χ4v) is 2.10. The van der Waals surface area contributed by atoms with E-state index in [-0.39, 0.29) is 12.2 Å². The third-order valence-corrected chi connectivity index (χ3v) is 3.30. The fourth-order valence-electron chi connectivity index (χ4n) is 2.10. The Morgan fingerprint density at radius 3 is 2.57 bits per heavy atom. The number of nitrogens with zero attached hydrogens (tertiary/aromatic N) is 2. The van der Waals surface area contributed by atoms with Crippen LogP contribution in [-0.4, -0.2) is 24.2 Å². The summed E-state index contributed by atoms with van der Waals surface area (Å²) >= 11 is 0. The molecule has 0 radical (unpaired) electrons. The van der Waals surface area contributed by atoms with E-state index in [4.69, 9.17) is 10.4 Å². The Balaban J connectivity index is 2.35. The molecule has 2 rings (SSSR count). The first-order chi connectivity index (χ1) is 9.81. The number of hydrogen-bond donors (Lipinski definition) is 1. The quantitative estimate of drug-likeness (QED) is 0.908. The lowest BCUT2D eigenvalue weighted by molar-refractivity contribution is -0.137. The minimum atomic E-state index is -4.64. The van der Waals surface area contributed by atoms with Gasteiger partial charge >= 0.3 is 12.1 Å². The van der Waals surface area contributed by atoms with E-state index in [1.54, 1.807) is 0 Å². The highest BCUT2D eigenvalue weighted by molar-refractivity contribution is 5.74. The van der Waals surface area contributed by atoms with Gasteiger partial charge in [0.15, 0.2) is 0 Å². The van der Waals surface area contributed by atoms with Crippen LogP contribution in [0.15, 0.2) is 18.2 Å². The van der Waals surface area contributed by atoms with E-state index in [1.165, 1.54) is 17.0 Å². The number of halogens is 3. The maximum absolute atomic E-state index is 12.9. The van der Waals surface area contributed by atoms with Gasteiger partial charge in [0.1, 0.15) is 6.54 Å². The van der Waals surface area contributed by atoms with E-state index in [0.717, 1.165) is 25.0 Å². The Morgan fingerprint density at radius 2 is 2.10 bits per heavy atom. The number of anilines is 1. The predicted octanol–water partition coefficient (Wildman–Crippen LogP) is 2.88. The van der Waals surface area contributed by atoms with Crippen molar-refractivity contribution in [3.63, 3.8) is 0 Å². The van der Waals surface area contributed by atoms with Crippen molar-refractivity contribution in [2.45, 2.75) is 19.0 Å². The van der Waals surface area contributed by atoms with Gasteiger partial charge in [-0.25, -0.2) is 0 Å². The van der Waals surface area contributed by atoms with Crippen molar-refractivity contribution in [1.29, 1.82) is 5.26 Å². The summed E-state index contributed by atoms with van der Waals surface area (Å²) < 4.78 is 38.8. The minimum absolute atomic E-state index is 0.177. The number of aliphatic carboxylic acids is 1. The third-order valence-electron chi connectivity index (χ3n) is 3.30. The molecule has 0 amide bonds. The molecule has 1 aliphatic carbocycles. The molecule has 21 heavy (non-hydrogen) atoms. The Hall–Kier alpha value is -2.23. The van der Waals surface area contributed by atoms with Crippen molar-refractivity contribution in [2.75, 3.05) is 18.0 Å². The molecule has 0 unspecified atom stereocenters. The molecule has 1 aromatic carbocycles. The molecule has 1 fully saturated rings. The van der Waals surface area contributed by atoms with Crippen molar-refractivity contribution >= 4 is 11.7 Å². The third kappa shape index (κ3) is 3.88. The van der Waals surface area contributed by atoms with E-state index < -0.39 is 23.3 Å². The summed E-state index contributed by atoms with van der Waals surface area (Å²) in [5.74, 6) is -0.775. The van der Waals surface area contributed by atoms with Crippen molar-refractivity contribution in [3.05, 3.63) is 29.3 Å². The zero-order valence-electron chi connectivity index (χ0n) is 11.0. The van der Waals surface area contributed by atoms with Crippen LogP contribution in [0.25, 0.3) is 0 Å². The summed E-state index contributed by atoms with van der Waals surface area (Å²) in [5.41, 5.74) is -1.32. The van der Waals surface area contributed by atoms with Gasteiger partial charge in [0.05, 0.1) is 17.2 Å². The molecule has 0 aromatic heterocycles. The molecular weight excluding hydrogens is 285 g/mol. The van der Waals surface area contributed by atoms with Gasteiger partial charge in [-0.1, -0.05) is 0 Å². The van der Waals surface area contributed by atoms with Crippen LogP contribution in [0.3, 0.4) is 0 Å². The summed E-state index contributed by atoms with van der Waals surface area (Å²) in [7, 11) is 0. The molecule has 4 nitrogen and oxygen atoms in total. The first kappa shape index (κ1) is 15.2. The number of carboxylic acids is 1. The largest absolute Gasteiger partial charge is 0.480 e. The smallest absolute Gasteiger partial charge is 0.417 e. The van der Waals surface area contributed by atoms with E-state index in [1.807, 2.05) is 0 Å². The van der Waals surface area contributed by atoms with Crippen molar-refractivity contribution in [2.24, 2.45) is 5.92 Å². The topological polar surface area (TPSA) is 64.3 Å². The maximum atomic E-state index is 12.9. The van der Waals surface area contributed by atoms with Crippen molar-refractivity contribution < 1.29 is 23.1 Å². The van der Waals surface area contributed by atoms with Crippen LogP contribution in [0.5, 0.6) is 0 Å². The van der Waals surface area contributed by atoms with Crippen molar-refractivity contribution in [1.82, 2.24) is 0 Å². The number of carbonyl (C=O) groups is 1. The molecule has 1 aliphatic rings. The Labute approximate surface area is 119 Å². The Kier molecular flexibility index (Phi) is 4.07. The molecule has 0 atom stereocenters. The van der Waals surface area contributed by atoms with Crippen LogP contribution in [0.4, 0.5) is 18.9 Å². The number of hydrogen-bond acceptors (Lipinski definition) is 3. The molecule has 112 valence electrons. The molecule has 0 spiro atoms. The lowest BCUT2D eigenvalue weighted by atomic mass is 10.1. The van der Waals surface area contributed by atoms with Gasteiger partial charge in [-0.2, -0.15) is 18.4 Å². The first-order valence-electron chi connectivity index (χ1n) is 6.39. The average Bonchev–Trinajstić information content (AvgIpc) is 3.19. The van der Waals surface area contributed by atoms with Crippen molar-refractivity contribution in [3.8, 4) is 6.07 Å². The lowest BCUT2D eigenvalue weighted by Gasteiger charge is -2.24. The summed E-state index contributed by atoms with van der Waals surface area (Å²) in [6, 6.07) is 4.80. The van der Waals surface area contributed by atoms with Crippen LogP contribution >= 0.6 is 0 Å². The highest BCUT2D eigenvalue weighted by Gasteiger charge is 2.34. The van der Waals surface area contributed by atoms with E-state index in [9.17, 15) is 18.0 Å². The highest BCUT2D eigenvalue weighted by atomic mass is 19.4. The average molecular weight is 298 g/mol. The number of nitriles is 1. The molecule has 0 aliphatic heterocycles. The summed E-state index contributed by atoms with van der Waals surface area (Å²) in [4.78, 5) is 12.3. The van der Waals surface area contributed by atoms with Crippen LogP contribution in [-0.2, 0) is 11.0 Å². The van der Waals surface area contributed by atoms with Crippen LogP contribution < -0.4 is 4.90 Å². The molecular formula is C14H13F3N2O2. The van der Waals surface area contributed by atoms with Gasteiger partial charge < -0.3 is 10.0 Å². The standard InChI is InChI=1S/C14H13F3N2O2/c15-14(16,17)12-5-11(4-3-10(12)6-18)19(8-13(20)21)7-9-1-2-9/h3-5,9H,1-2,7-8H2,(H,20,21). The van der Waals surface area contributed by atoms with Gasteiger partial charge in [-0.3, -0.25) is 4.79 Å². The van der Waals surface area contributed by atoms with Gasteiger partial charge in [-0.05, 0) is 37.0 Å². The van der Waals surface area contributed by atoms with Crippen LogP contribution in [0.1, 0.15) is 24.0 Å². The number of alkyl halides is 3. The second-order valence-electron chi connectivity index (χ2n) is 5.06. The van der Waals surface area contributed by atoms with E-state index in [2.05, 4.69) is 0 Å². The SMILES string of the molecule is N#Cc1ccc(N(CC(=O)O)CC2CC2)cc1C(F)(F)F. The summed E-state index contributed by atoms with van der Waals surface area (Å²) in [6.07, 6.45) is -2.73. The molecule has 1 N–H and O–H groups in total. The number of benzene rings is 1. The van der Waals surface area contributed by atoms with Gasteiger partial charge in [-0.15, -0.1) is 0 Å².